The Morgan fingerprint density at radius 1 is 1.04 bits per heavy atom. The van der Waals surface area contributed by atoms with E-state index in [1.807, 2.05) is 49.4 Å². The lowest BCUT2D eigenvalue weighted by Crippen LogP contribution is -2.24. The van der Waals surface area contributed by atoms with Crippen LogP contribution in [0.3, 0.4) is 0 Å². The summed E-state index contributed by atoms with van der Waals surface area (Å²) in [7, 11) is 0. The lowest BCUT2D eigenvalue weighted by Gasteiger charge is -2.12. The third kappa shape index (κ3) is 5.58. The molecule has 144 valence electrons. The number of anilines is 2. The van der Waals surface area contributed by atoms with Crippen molar-refractivity contribution >= 4 is 17.4 Å². The lowest BCUT2D eigenvalue weighted by molar-refractivity contribution is 0.0953. The van der Waals surface area contributed by atoms with Crippen molar-refractivity contribution in [1.82, 2.24) is 10.3 Å². The molecule has 3 rings (SSSR count). The maximum Gasteiger partial charge on any atom is 0.251 e. The summed E-state index contributed by atoms with van der Waals surface area (Å²) in [6, 6.07) is 21.4. The van der Waals surface area contributed by atoms with Crippen LogP contribution in [-0.2, 0) is 6.42 Å². The van der Waals surface area contributed by atoms with Crippen LogP contribution in [0.2, 0.25) is 0 Å². The summed E-state index contributed by atoms with van der Waals surface area (Å²) in [5.41, 5.74) is 2.67. The highest BCUT2D eigenvalue weighted by atomic mass is 16.5. The maximum absolute atomic E-state index is 12.4. The Balaban J connectivity index is 1.56. The minimum Gasteiger partial charge on any atom is -0.492 e. The number of rotatable bonds is 9. The average molecular weight is 375 g/mol. The van der Waals surface area contributed by atoms with E-state index < -0.39 is 0 Å². The van der Waals surface area contributed by atoms with Crippen LogP contribution < -0.4 is 15.4 Å². The smallest absolute Gasteiger partial charge is 0.251 e. The fourth-order valence-electron chi connectivity index (χ4n) is 2.87. The summed E-state index contributed by atoms with van der Waals surface area (Å²) >= 11 is 0. The molecule has 0 radical (unpaired) electrons. The molecule has 0 aliphatic rings. The van der Waals surface area contributed by atoms with E-state index in [9.17, 15) is 4.79 Å². The number of carbonyl (C=O) groups excluding carboxylic acids is 1. The van der Waals surface area contributed by atoms with Crippen LogP contribution in [0.25, 0.3) is 0 Å². The van der Waals surface area contributed by atoms with E-state index in [1.54, 1.807) is 18.3 Å². The fraction of sp³-hybridized carbons (Fsp3) is 0.217. The number of carbonyl (C=O) groups is 1. The zero-order valence-electron chi connectivity index (χ0n) is 16.0. The van der Waals surface area contributed by atoms with Crippen LogP contribution in [0.15, 0.2) is 72.9 Å². The Bertz CT molecular complexity index is 897. The van der Waals surface area contributed by atoms with Crippen molar-refractivity contribution in [3.05, 3.63) is 84.1 Å². The molecule has 0 atom stereocenters. The number of benzene rings is 2. The zero-order valence-corrected chi connectivity index (χ0v) is 16.0. The molecule has 1 heterocycles. The van der Waals surface area contributed by atoms with Gasteiger partial charge in [0.1, 0.15) is 11.6 Å². The first-order valence-electron chi connectivity index (χ1n) is 9.53. The Kier molecular flexibility index (Phi) is 7.01. The summed E-state index contributed by atoms with van der Waals surface area (Å²) in [5, 5.41) is 6.20. The molecule has 2 aromatic carbocycles. The van der Waals surface area contributed by atoms with Gasteiger partial charge in [-0.05, 0) is 49.6 Å². The Labute approximate surface area is 165 Å². The van der Waals surface area contributed by atoms with Crippen molar-refractivity contribution in [3.63, 3.8) is 0 Å². The summed E-state index contributed by atoms with van der Waals surface area (Å²) in [5.74, 6) is 1.25. The molecule has 5 nitrogen and oxygen atoms in total. The number of hydrogen-bond acceptors (Lipinski definition) is 4. The number of hydrogen-bond donors (Lipinski definition) is 2. The van der Waals surface area contributed by atoms with Gasteiger partial charge in [-0.2, -0.15) is 0 Å². The molecule has 5 heteroatoms. The van der Waals surface area contributed by atoms with E-state index in [1.165, 1.54) is 5.56 Å². The van der Waals surface area contributed by atoms with Crippen LogP contribution in [0.4, 0.5) is 11.5 Å². The van der Waals surface area contributed by atoms with Crippen LogP contribution in [0, 0.1) is 0 Å². The van der Waals surface area contributed by atoms with E-state index in [-0.39, 0.29) is 5.91 Å². The first-order chi connectivity index (χ1) is 13.8. The Hall–Kier alpha value is -3.34. The van der Waals surface area contributed by atoms with Gasteiger partial charge in [0.05, 0.1) is 12.3 Å². The monoisotopic (exact) mass is 375 g/mol. The third-order valence-electron chi connectivity index (χ3n) is 4.24. The van der Waals surface area contributed by atoms with E-state index >= 15 is 0 Å². The standard InChI is InChI=1S/C23H25N3O2/c1-2-28-21-13-7-6-12-20(21)26-22-17-19(14-16-24-22)23(27)25-15-8-11-18-9-4-3-5-10-18/h3-7,9-10,12-14,16-17H,2,8,11,15H2,1H3,(H,24,26)(H,25,27). The topological polar surface area (TPSA) is 63.2 Å². The molecule has 28 heavy (non-hydrogen) atoms. The second-order valence-electron chi connectivity index (χ2n) is 6.33. The predicted octanol–water partition coefficient (Wildman–Crippen LogP) is 4.59. The quantitative estimate of drug-likeness (QED) is 0.537. The van der Waals surface area contributed by atoms with Gasteiger partial charge < -0.3 is 15.4 Å². The van der Waals surface area contributed by atoms with Crippen molar-refractivity contribution in [2.75, 3.05) is 18.5 Å². The van der Waals surface area contributed by atoms with E-state index in [2.05, 4.69) is 27.8 Å². The highest BCUT2D eigenvalue weighted by Crippen LogP contribution is 2.26. The van der Waals surface area contributed by atoms with Crippen molar-refractivity contribution < 1.29 is 9.53 Å². The van der Waals surface area contributed by atoms with Gasteiger partial charge in [-0.15, -0.1) is 0 Å². The van der Waals surface area contributed by atoms with E-state index in [0.717, 1.165) is 24.3 Å². The van der Waals surface area contributed by atoms with E-state index in [0.29, 0.717) is 24.5 Å². The second kappa shape index (κ2) is 10.1. The molecule has 0 saturated heterocycles. The molecule has 0 bridgehead atoms. The molecule has 0 aliphatic carbocycles. The summed E-state index contributed by atoms with van der Waals surface area (Å²) in [6.07, 6.45) is 3.47. The van der Waals surface area contributed by atoms with Gasteiger partial charge in [-0.25, -0.2) is 4.98 Å². The number of para-hydroxylation sites is 2. The van der Waals surface area contributed by atoms with Crippen LogP contribution in [0.5, 0.6) is 5.75 Å². The minimum atomic E-state index is -0.100. The SMILES string of the molecule is CCOc1ccccc1Nc1cc(C(=O)NCCCc2ccccc2)ccn1. The fourth-order valence-corrected chi connectivity index (χ4v) is 2.87. The van der Waals surface area contributed by atoms with Gasteiger partial charge in [-0.1, -0.05) is 42.5 Å². The Morgan fingerprint density at radius 3 is 2.64 bits per heavy atom. The number of nitrogens with zero attached hydrogens (tertiary/aromatic N) is 1. The van der Waals surface area contributed by atoms with Gasteiger partial charge in [0.15, 0.2) is 0 Å². The predicted molar refractivity (Wildman–Crippen MR) is 112 cm³/mol. The molecule has 0 aliphatic heterocycles. The number of aromatic nitrogens is 1. The molecule has 3 aromatic rings. The van der Waals surface area contributed by atoms with Gasteiger partial charge in [0, 0.05) is 18.3 Å². The first kappa shape index (κ1) is 19.4. The average Bonchev–Trinajstić information content (AvgIpc) is 2.74. The molecule has 1 aromatic heterocycles. The highest BCUT2D eigenvalue weighted by Gasteiger charge is 2.08. The second-order valence-corrected chi connectivity index (χ2v) is 6.33. The van der Waals surface area contributed by atoms with Crippen molar-refractivity contribution in [2.24, 2.45) is 0 Å². The van der Waals surface area contributed by atoms with Crippen LogP contribution >= 0.6 is 0 Å². The molecular weight excluding hydrogens is 350 g/mol. The molecule has 0 fully saturated rings. The lowest BCUT2D eigenvalue weighted by atomic mass is 10.1. The van der Waals surface area contributed by atoms with Gasteiger partial charge in [-0.3, -0.25) is 4.79 Å². The zero-order chi connectivity index (χ0) is 19.6. The third-order valence-corrected chi connectivity index (χ3v) is 4.24. The maximum atomic E-state index is 12.4. The summed E-state index contributed by atoms with van der Waals surface area (Å²) in [6.45, 7) is 3.15. The number of ether oxygens (including phenoxy) is 1. The molecule has 0 saturated carbocycles. The molecular formula is C23H25N3O2. The Morgan fingerprint density at radius 2 is 1.82 bits per heavy atom. The number of aryl methyl sites for hydroxylation is 1. The summed E-state index contributed by atoms with van der Waals surface area (Å²) < 4.78 is 5.62. The highest BCUT2D eigenvalue weighted by molar-refractivity contribution is 5.94. The van der Waals surface area contributed by atoms with Gasteiger partial charge >= 0.3 is 0 Å². The largest absolute Gasteiger partial charge is 0.492 e. The van der Waals surface area contributed by atoms with Crippen molar-refractivity contribution in [3.8, 4) is 5.75 Å². The summed E-state index contributed by atoms with van der Waals surface area (Å²) in [4.78, 5) is 16.7. The number of amides is 1. The molecule has 2 N–H and O–H groups in total. The van der Waals surface area contributed by atoms with Crippen LogP contribution in [0.1, 0.15) is 29.3 Å². The number of nitrogens with one attached hydrogen (secondary N) is 2. The van der Waals surface area contributed by atoms with Crippen molar-refractivity contribution in [1.29, 1.82) is 0 Å². The van der Waals surface area contributed by atoms with Crippen LogP contribution in [-0.4, -0.2) is 24.0 Å². The van der Waals surface area contributed by atoms with Gasteiger partial charge in [0.25, 0.3) is 5.91 Å². The normalized spacial score (nSPS) is 10.3. The van der Waals surface area contributed by atoms with Crippen molar-refractivity contribution in [2.45, 2.75) is 19.8 Å². The van der Waals surface area contributed by atoms with Gasteiger partial charge in [0.2, 0.25) is 0 Å². The number of pyridine rings is 1. The first-order valence-corrected chi connectivity index (χ1v) is 9.53. The molecule has 0 unspecified atom stereocenters. The molecule has 0 spiro atoms. The van der Waals surface area contributed by atoms with E-state index in [4.69, 9.17) is 4.74 Å². The molecule has 1 amide bonds. The minimum absolute atomic E-state index is 0.100.